The van der Waals surface area contributed by atoms with E-state index in [1.807, 2.05) is 11.7 Å². The molecule has 90 valence electrons. The first kappa shape index (κ1) is 12.4. The minimum Gasteiger partial charge on any atom is -0.313 e. The fraction of sp³-hybridized carbons (Fsp3) is 0.750. The van der Waals surface area contributed by atoms with Gasteiger partial charge >= 0.3 is 0 Å². The summed E-state index contributed by atoms with van der Waals surface area (Å²) in [6.45, 7) is 5.67. The van der Waals surface area contributed by atoms with Gasteiger partial charge < -0.3 is 5.32 Å². The highest BCUT2D eigenvalue weighted by atomic mass is 32.2. The highest BCUT2D eigenvalue weighted by molar-refractivity contribution is 8.00. The molecule has 0 bridgehead atoms. The van der Waals surface area contributed by atoms with Gasteiger partial charge in [0.05, 0.1) is 5.51 Å². The first-order chi connectivity index (χ1) is 7.74. The Labute approximate surface area is 106 Å². The zero-order chi connectivity index (χ0) is 11.4. The van der Waals surface area contributed by atoms with E-state index in [0.29, 0.717) is 10.8 Å². The first-order valence-electron chi connectivity index (χ1n) is 5.99. The van der Waals surface area contributed by atoms with E-state index in [0.717, 1.165) is 13.0 Å². The van der Waals surface area contributed by atoms with Gasteiger partial charge in [-0.3, -0.25) is 4.98 Å². The van der Waals surface area contributed by atoms with Gasteiger partial charge in [-0.2, -0.15) is 11.8 Å². The van der Waals surface area contributed by atoms with E-state index in [1.54, 1.807) is 11.3 Å². The predicted octanol–water partition coefficient (Wildman–Crippen LogP) is 2.95. The summed E-state index contributed by atoms with van der Waals surface area (Å²) >= 11 is 3.91. The van der Waals surface area contributed by atoms with Crippen LogP contribution in [0.4, 0.5) is 0 Å². The van der Waals surface area contributed by atoms with Gasteiger partial charge in [0.2, 0.25) is 0 Å². The van der Waals surface area contributed by atoms with Gasteiger partial charge in [-0.1, -0.05) is 6.92 Å². The molecule has 0 aromatic carbocycles. The van der Waals surface area contributed by atoms with Crippen molar-refractivity contribution >= 4 is 23.1 Å². The monoisotopic (exact) mass is 256 g/mol. The zero-order valence-electron chi connectivity index (χ0n) is 10.0. The second kappa shape index (κ2) is 5.52. The standard InChI is InChI=1S/C12H20N2S2/c1-3-14-11(7-10-8-13-9-15-10)12(2)5-4-6-16-12/h8-9,11,14H,3-7H2,1-2H3. The predicted molar refractivity (Wildman–Crippen MR) is 73.4 cm³/mol. The van der Waals surface area contributed by atoms with Gasteiger partial charge in [-0.05, 0) is 32.1 Å². The number of nitrogens with zero attached hydrogens (tertiary/aromatic N) is 1. The molecule has 1 aromatic heterocycles. The van der Waals surface area contributed by atoms with Gasteiger partial charge in [0, 0.05) is 28.3 Å². The van der Waals surface area contributed by atoms with Gasteiger partial charge in [0.15, 0.2) is 0 Å². The Morgan fingerprint density at radius 3 is 3.06 bits per heavy atom. The quantitative estimate of drug-likeness (QED) is 0.877. The van der Waals surface area contributed by atoms with Crippen molar-refractivity contribution in [3.8, 4) is 0 Å². The van der Waals surface area contributed by atoms with Crippen LogP contribution in [0, 0.1) is 0 Å². The summed E-state index contributed by atoms with van der Waals surface area (Å²) in [6.07, 6.45) is 5.85. The van der Waals surface area contributed by atoms with E-state index in [1.165, 1.54) is 23.5 Å². The highest BCUT2D eigenvalue weighted by Crippen LogP contribution is 2.41. The maximum Gasteiger partial charge on any atom is 0.0794 e. The van der Waals surface area contributed by atoms with Crippen molar-refractivity contribution in [3.63, 3.8) is 0 Å². The highest BCUT2D eigenvalue weighted by Gasteiger charge is 2.37. The van der Waals surface area contributed by atoms with Crippen LogP contribution in [0.5, 0.6) is 0 Å². The maximum absolute atomic E-state index is 4.17. The van der Waals surface area contributed by atoms with Crippen LogP contribution in [0.3, 0.4) is 0 Å². The average Bonchev–Trinajstić information content (AvgIpc) is 2.89. The molecule has 1 saturated heterocycles. The molecule has 2 heterocycles. The molecule has 4 heteroatoms. The topological polar surface area (TPSA) is 24.9 Å². The molecular weight excluding hydrogens is 236 g/mol. The van der Waals surface area contributed by atoms with Crippen molar-refractivity contribution < 1.29 is 0 Å². The Morgan fingerprint density at radius 2 is 2.50 bits per heavy atom. The Bertz CT molecular complexity index is 305. The SMILES string of the molecule is CCNC(Cc1cncs1)C1(C)CCCS1. The summed E-state index contributed by atoms with van der Waals surface area (Å²) in [5, 5.41) is 3.66. The van der Waals surface area contributed by atoms with Crippen LogP contribution in [-0.2, 0) is 6.42 Å². The average molecular weight is 256 g/mol. The molecule has 2 rings (SSSR count). The Morgan fingerprint density at radius 1 is 1.62 bits per heavy atom. The number of nitrogens with one attached hydrogen (secondary N) is 1. The third kappa shape index (κ3) is 2.79. The molecule has 16 heavy (non-hydrogen) atoms. The largest absolute Gasteiger partial charge is 0.313 e. The maximum atomic E-state index is 4.17. The molecule has 1 aromatic rings. The van der Waals surface area contributed by atoms with Crippen LogP contribution in [0.25, 0.3) is 0 Å². The first-order valence-corrected chi connectivity index (χ1v) is 7.86. The van der Waals surface area contributed by atoms with E-state index in [9.17, 15) is 0 Å². The van der Waals surface area contributed by atoms with Crippen LogP contribution in [0.1, 0.15) is 31.6 Å². The van der Waals surface area contributed by atoms with Crippen molar-refractivity contribution in [2.45, 2.75) is 43.9 Å². The number of hydrogen-bond acceptors (Lipinski definition) is 4. The molecule has 2 unspecified atom stereocenters. The number of thiazole rings is 1. The molecule has 1 aliphatic rings. The molecule has 1 aliphatic heterocycles. The molecule has 0 aliphatic carbocycles. The lowest BCUT2D eigenvalue weighted by atomic mass is 9.93. The normalized spacial score (nSPS) is 27.1. The number of hydrogen-bond donors (Lipinski definition) is 1. The Hall–Kier alpha value is -0.0600. The van der Waals surface area contributed by atoms with Gasteiger partial charge in [-0.15, -0.1) is 11.3 Å². The third-order valence-electron chi connectivity index (χ3n) is 3.33. The van der Waals surface area contributed by atoms with Gasteiger partial charge in [0.25, 0.3) is 0 Å². The van der Waals surface area contributed by atoms with Crippen molar-refractivity contribution in [2.24, 2.45) is 0 Å². The van der Waals surface area contributed by atoms with Crippen molar-refractivity contribution in [3.05, 3.63) is 16.6 Å². The van der Waals surface area contributed by atoms with E-state index in [-0.39, 0.29) is 0 Å². The lowest BCUT2D eigenvalue weighted by Crippen LogP contribution is -2.46. The molecule has 0 radical (unpaired) electrons. The van der Waals surface area contributed by atoms with Crippen molar-refractivity contribution in [1.82, 2.24) is 10.3 Å². The molecule has 2 atom stereocenters. The minimum absolute atomic E-state index is 0.417. The Balaban J connectivity index is 2.04. The Kier molecular flexibility index (Phi) is 4.27. The van der Waals surface area contributed by atoms with E-state index in [4.69, 9.17) is 0 Å². The fourth-order valence-electron chi connectivity index (χ4n) is 2.37. The van der Waals surface area contributed by atoms with E-state index < -0.39 is 0 Å². The second-order valence-electron chi connectivity index (χ2n) is 4.55. The van der Waals surface area contributed by atoms with Crippen LogP contribution in [-0.4, -0.2) is 28.1 Å². The summed E-state index contributed by atoms with van der Waals surface area (Å²) in [6, 6.07) is 0.588. The van der Waals surface area contributed by atoms with Gasteiger partial charge in [0.1, 0.15) is 0 Å². The molecule has 1 fully saturated rings. The summed E-state index contributed by atoms with van der Waals surface area (Å²) in [7, 11) is 0. The van der Waals surface area contributed by atoms with Crippen molar-refractivity contribution in [1.29, 1.82) is 0 Å². The molecular formula is C12H20N2S2. The smallest absolute Gasteiger partial charge is 0.0794 e. The number of thioether (sulfide) groups is 1. The zero-order valence-corrected chi connectivity index (χ0v) is 11.7. The fourth-order valence-corrected chi connectivity index (χ4v) is 4.42. The number of likely N-dealkylation sites (N-methyl/N-ethyl adjacent to an activating group) is 1. The third-order valence-corrected chi connectivity index (χ3v) is 5.77. The minimum atomic E-state index is 0.417. The molecule has 0 saturated carbocycles. The van der Waals surface area contributed by atoms with Crippen LogP contribution >= 0.6 is 23.1 Å². The lowest BCUT2D eigenvalue weighted by Gasteiger charge is -2.33. The number of rotatable bonds is 5. The molecule has 0 amide bonds. The van der Waals surface area contributed by atoms with Crippen LogP contribution in [0.15, 0.2) is 11.7 Å². The van der Waals surface area contributed by atoms with Crippen LogP contribution in [0.2, 0.25) is 0 Å². The summed E-state index contributed by atoms with van der Waals surface area (Å²) in [5.41, 5.74) is 1.93. The summed E-state index contributed by atoms with van der Waals surface area (Å²) in [4.78, 5) is 5.57. The van der Waals surface area contributed by atoms with Crippen molar-refractivity contribution in [2.75, 3.05) is 12.3 Å². The van der Waals surface area contributed by atoms with Crippen LogP contribution < -0.4 is 5.32 Å². The van der Waals surface area contributed by atoms with Gasteiger partial charge in [-0.25, -0.2) is 0 Å². The number of aromatic nitrogens is 1. The molecule has 2 nitrogen and oxygen atoms in total. The second-order valence-corrected chi connectivity index (χ2v) is 7.15. The van der Waals surface area contributed by atoms with E-state index in [2.05, 4.69) is 35.9 Å². The van der Waals surface area contributed by atoms with E-state index >= 15 is 0 Å². The molecule has 1 N–H and O–H groups in total. The summed E-state index contributed by atoms with van der Waals surface area (Å²) in [5.74, 6) is 1.32. The lowest BCUT2D eigenvalue weighted by molar-refractivity contribution is 0.408. The summed E-state index contributed by atoms with van der Waals surface area (Å²) < 4.78 is 0.417. The molecule has 0 spiro atoms.